The predicted octanol–water partition coefficient (Wildman–Crippen LogP) is 17.5. The van der Waals surface area contributed by atoms with Crippen LogP contribution in [0, 0.1) is 27.7 Å². The van der Waals surface area contributed by atoms with E-state index in [1.807, 2.05) is 110 Å². The van der Waals surface area contributed by atoms with Crippen molar-refractivity contribution in [2.45, 2.75) is 149 Å². The number of benzene rings is 8. The zero-order valence-corrected chi connectivity index (χ0v) is 65.0. The number of ether oxygens (including phenoxy) is 6. The molecule has 4 aliphatic heterocycles. The number of nitrogens with zero attached hydrogens (tertiary/aromatic N) is 7. The summed E-state index contributed by atoms with van der Waals surface area (Å²) in [4.78, 5) is 82.4. The van der Waals surface area contributed by atoms with Gasteiger partial charge in [0.15, 0.2) is 28.6 Å². The van der Waals surface area contributed by atoms with Gasteiger partial charge in [0.25, 0.3) is 0 Å². The Labute approximate surface area is 673 Å². The highest BCUT2D eigenvalue weighted by Gasteiger charge is 2.36. The largest absolute Gasteiger partial charge is 0.480 e. The van der Waals surface area contributed by atoms with Gasteiger partial charge in [-0.1, -0.05) is 48.5 Å². The van der Waals surface area contributed by atoms with E-state index in [0.717, 1.165) is 76.7 Å². The number of fused-ring (bicyclic) bond motifs is 4. The van der Waals surface area contributed by atoms with Gasteiger partial charge in [0, 0.05) is 82.8 Å². The molecule has 3 N–H and O–H groups in total. The molecule has 119 heavy (non-hydrogen) atoms. The maximum Gasteiger partial charge on any atom is 0.387 e. The lowest BCUT2D eigenvalue weighted by molar-refractivity contribution is -0.146. The number of hydrogen-bond donors (Lipinski definition) is 3. The number of aliphatic carboxylic acids is 2. The minimum Gasteiger partial charge on any atom is -0.480 e. The second kappa shape index (κ2) is 35.9. The normalized spacial score (nSPS) is 17.1. The van der Waals surface area contributed by atoms with Crippen molar-refractivity contribution in [3.63, 3.8) is 0 Å². The lowest BCUT2D eigenvalue weighted by atomic mass is 9.91. The SMILES string of the molecule is COC(=O)[C@@H]1CCCN1Cc1cc2nc(-c3cccc(-c4cccc(-c5nc6cc(C=O)c(OC(F)F)cc6o5)c4C)c3C)oc2cc1OC(F)F.COC(=O)[C@@H]1CCCN1Cc1cc2nc(-c3cccc(-c4cccc(-c5nc6cc(CN7CCC[C@H]7C(=O)O)c(OC(F)F)cc6o5)c4C)c3C)oc2cc1OC(F)F.O=C(O)[C@@H]1CCCN1. The summed E-state index contributed by atoms with van der Waals surface area (Å²) in [6.45, 7) is -1.78. The molecule has 16 rings (SSSR count). The minimum atomic E-state index is -3.12. The molecule has 0 spiro atoms. The van der Waals surface area contributed by atoms with E-state index in [9.17, 15) is 64.2 Å². The van der Waals surface area contributed by atoms with Gasteiger partial charge in [-0.2, -0.15) is 35.1 Å². The number of aromatic nitrogens is 4. The van der Waals surface area contributed by atoms with E-state index in [1.54, 1.807) is 23.1 Å². The molecule has 0 radical (unpaired) electrons. The van der Waals surface area contributed by atoms with Gasteiger partial charge < -0.3 is 61.6 Å². The Hall–Kier alpha value is -12.3. The Balaban J connectivity index is 0.000000179. The minimum absolute atomic E-state index is 0.0713. The van der Waals surface area contributed by atoms with Crippen LogP contribution in [-0.4, -0.2) is 166 Å². The van der Waals surface area contributed by atoms with E-state index in [0.29, 0.717) is 113 Å². The molecule has 0 amide bonds. The van der Waals surface area contributed by atoms with Crippen molar-refractivity contribution in [3.8, 4) is 91.1 Å². The number of nitrogens with one attached hydrogen (secondary N) is 1. The molecular formula is C86H80F8N8O17. The summed E-state index contributed by atoms with van der Waals surface area (Å²) in [5.74, 6) is -2.02. The molecule has 0 aliphatic carbocycles. The number of carbonyl (C=O) groups excluding carboxylic acids is 3. The Morgan fingerprint density at radius 3 is 1.02 bits per heavy atom. The third-order valence-electron chi connectivity index (χ3n) is 21.9. The first kappa shape index (κ1) is 83.2. The molecule has 33 heteroatoms. The molecule has 0 unspecified atom stereocenters. The van der Waals surface area contributed by atoms with Gasteiger partial charge in [-0.25, -0.2) is 19.9 Å². The van der Waals surface area contributed by atoms with E-state index in [1.165, 1.54) is 44.6 Å². The first-order valence-electron chi connectivity index (χ1n) is 38.2. The maximum atomic E-state index is 13.6. The maximum absolute atomic E-state index is 13.6. The average molecular weight is 1650 g/mol. The second-order valence-electron chi connectivity index (χ2n) is 29.0. The van der Waals surface area contributed by atoms with E-state index in [4.69, 9.17) is 61.4 Å². The third kappa shape index (κ3) is 18.1. The second-order valence-corrected chi connectivity index (χ2v) is 29.0. The molecular weight excluding hydrogens is 1570 g/mol. The molecule has 4 saturated heterocycles. The number of rotatable bonds is 25. The van der Waals surface area contributed by atoms with Gasteiger partial charge >= 0.3 is 50.3 Å². The van der Waals surface area contributed by atoms with Crippen LogP contribution >= 0.6 is 0 Å². The number of esters is 2. The number of likely N-dealkylation sites (tertiary alicyclic amines) is 3. The fourth-order valence-corrected chi connectivity index (χ4v) is 16.0. The van der Waals surface area contributed by atoms with Crippen molar-refractivity contribution < 1.29 is 115 Å². The summed E-state index contributed by atoms with van der Waals surface area (Å²) in [7, 11) is 2.64. The van der Waals surface area contributed by atoms with Crippen molar-refractivity contribution in [1.29, 1.82) is 0 Å². The number of carboxylic acids is 2. The highest BCUT2D eigenvalue weighted by atomic mass is 19.3. The quantitative estimate of drug-likeness (QED) is 0.0272. The predicted molar refractivity (Wildman–Crippen MR) is 417 cm³/mol. The topological polar surface area (TPSA) is 307 Å². The lowest BCUT2D eigenvalue weighted by Crippen LogP contribution is -2.36. The molecule has 0 saturated carbocycles. The van der Waals surface area contributed by atoms with Crippen LogP contribution in [0.1, 0.15) is 101 Å². The van der Waals surface area contributed by atoms with Gasteiger partial charge in [-0.3, -0.25) is 38.7 Å². The summed E-state index contributed by atoms with van der Waals surface area (Å²) >= 11 is 0. The van der Waals surface area contributed by atoms with Crippen molar-refractivity contribution in [1.82, 2.24) is 40.0 Å². The van der Waals surface area contributed by atoms with Crippen LogP contribution in [0.5, 0.6) is 23.0 Å². The number of oxazole rings is 4. The molecule has 4 fully saturated rings. The highest BCUT2D eigenvalue weighted by Crippen LogP contribution is 2.44. The van der Waals surface area contributed by atoms with Crippen LogP contribution in [0.2, 0.25) is 0 Å². The number of carbonyl (C=O) groups is 5. The van der Waals surface area contributed by atoms with Crippen LogP contribution in [0.3, 0.4) is 0 Å². The van der Waals surface area contributed by atoms with E-state index in [2.05, 4.69) is 15.0 Å². The van der Waals surface area contributed by atoms with Gasteiger partial charge in [0.1, 0.15) is 69.2 Å². The summed E-state index contributed by atoms with van der Waals surface area (Å²) in [6, 6.07) is 32.1. The molecule has 8 heterocycles. The Kier molecular flexibility index (Phi) is 25.1. The van der Waals surface area contributed by atoms with Crippen LogP contribution in [0.4, 0.5) is 35.1 Å². The van der Waals surface area contributed by atoms with Gasteiger partial charge in [0.05, 0.1) is 19.8 Å². The molecule has 12 aromatic rings. The van der Waals surface area contributed by atoms with E-state index in [-0.39, 0.29) is 112 Å². The van der Waals surface area contributed by atoms with E-state index >= 15 is 0 Å². The van der Waals surface area contributed by atoms with Crippen LogP contribution in [0.25, 0.3) is 112 Å². The third-order valence-corrected chi connectivity index (χ3v) is 21.9. The van der Waals surface area contributed by atoms with Gasteiger partial charge in [0.2, 0.25) is 23.6 Å². The number of hydrogen-bond acceptors (Lipinski definition) is 23. The van der Waals surface area contributed by atoms with Gasteiger partial charge in [-0.05, 0) is 198 Å². The van der Waals surface area contributed by atoms with Gasteiger partial charge in [-0.15, -0.1) is 0 Å². The summed E-state index contributed by atoms with van der Waals surface area (Å²) in [6.07, 6.45) is 6.04. The average Bonchev–Trinajstić information content (AvgIpc) is 1.67. The summed E-state index contributed by atoms with van der Waals surface area (Å²) in [5, 5.41) is 20.9. The fourth-order valence-electron chi connectivity index (χ4n) is 16.0. The molecule has 8 aromatic carbocycles. The number of methoxy groups -OCH3 is 2. The van der Waals surface area contributed by atoms with Crippen LogP contribution in [-0.2, 0) is 48.3 Å². The smallest absolute Gasteiger partial charge is 0.387 e. The van der Waals surface area contributed by atoms with Crippen molar-refractivity contribution in [3.05, 3.63) is 166 Å². The number of halogens is 8. The Morgan fingerprint density at radius 1 is 0.429 bits per heavy atom. The highest BCUT2D eigenvalue weighted by molar-refractivity contribution is 5.91. The number of aldehydes is 1. The summed E-state index contributed by atoms with van der Waals surface area (Å²) in [5.41, 5.74) is 12.8. The molecule has 4 aliphatic rings. The van der Waals surface area contributed by atoms with Crippen molar-refractivity contribution in [2.24, 2.45) is 0 Å². The zero-order valence-electron chi connectivity index (χ0n) is 65.0. The molecule has 0 bridgehead atoms. The molecule has 4 atom stereocenters. The number of carboxylic acid groups (broad SMARTS) is 2. The Bertz CT molecular complexity index is 5810. The Morgan fingerprint density at radius 2 is 0.731 bits per heavy atom. The van der Waals surface area contributed by atoms with Crippen molar-refractivity contribution in [2.75, 3.05) is 40.4 Å². The van der Waals surface area contributed by atoms with Crippen LogP contribution < -0.4 is 24.3 Å². The lowest BCUT2D eigenvalue weighted by Gasteiger charge is -2.23. The summed E-state index contributed by atoms with van der Waals surface area (Å²) < 4.78 is 161. The fraction of sp³-hybridized carbons (Fsp3) is 0.337. The number of alkyl halides is 8. The molecule has 4 aromatic heterocycles. The first-order chi connectivity index (χ1) is 57.2. The van der Waals surface area contributed by atoms with Crippen LogP contribution in [0.15, 0.2) is 139 Å². The standard InChI is InChI=1S/C43H40F4N4O8.C38H31F4N3O7.C5H9NO2/c1-22-26(8-4-10-28(22)38-48-30-16-24(20-50-14-6-12-32(50)40(52)53)34(58-42(44)45)18-36(30)56-38)27-9-5-11-29(23(27)2)39-49-31-17-25(35(59-43(46)47)19-37(31)57-39)21-51-15-7-13-33(51)41(54)55-3;1-19-23(24-8-5-10-26(20(24)2)35-44-28-14-22(18-46)31(52-38(41)42)16-33(28)50-35)7-4-9-25(19)34-43-27-13-21(30(51-37(39)40)15-32(27)49-34)17-45-12-6-11-29(45)36(47)48-3;7-5(8)4-2-1-3-6-4/h4-5,8-11,16-19,32-33,42-43H,6-7,12-15,20-21H2,1-3H3,(H,52,53);4-5,7-10,13-16,18,29,37-38H,6,11-12,17H2,1-3H3;4,6H,1-3H2,(H,7,8)/t32-,33-;29-;4-/m000/s1. The van der Waals surface area contributed by atoms with Crippen molar-refractivity contribution >= 4 is 74.6 Å². The molecule has 25 nitrogen and oxygen atoms in total. The monoisotopic (exact) mass is 1650 g/mol. The first-order valence-corrected chi connectivity index (χ1v) is 38.2. The van der Waals surface area contributed by atoms with E-state index < -0.39 is 56.5 Å². The zero-order chi connectivity index (χ0) is 84.2. The molecule has 622 valence electrons.